The van der Waals surface area contributed by atoms with Crippen LogP contribution in [-0.4, -0.2) is 40.6 Å². The second-order valence-electron chi connectivity index (χ2n) is 8.81. The van der Waals surface area contributed by atoms with E-state index in [0.29, 0.717) is 18.8 Å². The van der Waals surface area contributed by atoms with Gasteiger partial charge < -0.3 is 19.7 Å². The number of rotatable bonds is 5. The van der Waals surface area contributed by atoms with E-state index >= 15 is 0 Å². The maximum absolute atomic E-state index is 13.4. The normalized spacial score (nSPS) is 17.2. The third-order valence-electron chi connectivity index (χ3n) is 6.41. The lowest BCUT2D eigenvalue weighted by Gasteiger charge is -2.31. The number of fused-ring (bicyclic) bond motifs is 2. The molecule has 1 N–H and O–H groups in total. The highest BCUT2D eigenvalue weighted by atomic mass is 32.1. The number of aromatic nitrogens is 3. The van der Waals surface area contributed by atoms with Crippen LogP contribution in [0.2, 0.25) is 0 Å². The van der Waals surface area contributed by atoms with Crippen LogP contribution in [0.3, 0.4) is 0 Å². The van der Waals surface area contributed by atoms with Crippen molar-refractivity contribution in [1.29, 1.82) is 0 Å². The summed E-state index contributed by atoms with van der Waals surface area (Å²) < 4.78 is 26.9. The average Bonchev–Trinajstić information content (AvgIpc) is 3.59. The minimum atomic E-state index is -0.288. The van der Waals surface area contributed by atoms with Crippen molar-refractivity contribution in [2.75, 3.05) is 24.8 Å². The predicted octanol–water partition coefficient (Wildman–Crippen LogP) is 4.19. The van der Waals surface area contributed by atoms with Crippen molar-refractivity contribution in [2.45, 2.75) is 26.3 Å². The van der Waals surface area contributed by atoms with Gasteiger partial charge in [0.05, 0.1) is 22.0 Å². The molecule has 0 radical (unpaired) electrons. The number of halogens is 1. The van der Waals surface area contributed by atoms with Crippen LogP contribution in [0.1, 0.15) is 24.1 Å². The summed E-state index contributed by atoms with van der Waals surface area (Å²) in [5.41, 5.74) is 3.37. The van der Waals surface area contributed by atoms with E-state index in [4.69, 9.17) is 14.5 Å². The maximum atomic E-state index is 13.4. The Morgan fingerprint density at radius 1 is 1.20 bits per heavy atom. The lowest BCUT2D eigenvalue weighted by molar-refractivity contribution is -0.125. The monoisotopic (exact) mass is 493 g/mol. The Kier molecular flexibility index (Phi) is 5.52. The molecular weight excluding hydrogens is 469 g/mol. The van der Waals surface area contributed by atoms with Crippen molar-refractivity contribution in [3.63, 3.8) is 0 Å². The van der Waals surface area contributed by atoms with E-state index in [0.717, 1.165) is 57.6 Å². The minimum absolute atomic E-state index is 0.0437. The van der Waals surface area contributed by atoms with Crippen LogP contribution in [0.5, 0.6) is 11.5 Å². The van der Waals surface area contributed by atoms with Crippen molar-refractivity contribution in [3.05, 3.63) is 59.5 Å². The standard InChI is InChI=1S/C25H24FN5O3S/c1-15-22-23(31(29-15)19-7-5-18(26)6-8-19)28-25(35-22)30-10-2-3-17(13-30)24(32)27-12-16-4-9-20-21(11-16)34-14-33-20/h4-9,11,17H,2-3,10,12-14H2,1H3,(H,27,32). The van der Waals surface area contributed by atoms with E-state index in [2.05, 4.69) is 15.3 Å². The number of piperidine rings is 1. The van der Waals surface area contributed by atoms with Crippen molar-refractivity contribution in [1.82, 2.24) is 20.1 Å². The maximum Gasteiger partial charge on any atom is 0.231 e. The smallest absolute Gasteiger partial charge is 0.231 e. The number of carbonyl (C=O) groups excluding carboxylic acids is 1. The number of amides is 1. The Balaban J connectivity index is 1.16. The van der Waals surface area contributed by atoms with E-state index in [1.54, 1.807) is 28.2 Å². The average molecular weight is 494 g/mol. The number of ether oxygens (including phenoxy) is 2. The number of hydrogen-bond donors (Lipinski definition) is 1. The van der Waals surface area contributed by atoms with Crippen molar-refractivity contribution in [2.24, 2.45) is 5.92 Å². The Morgan fingerprint density at radius 2 is 2.03 bits per heavy atom. The Labute approximate surface area is 205 Å². The molecule has 1 atom stereocenters. The zero-order valence-electron chi connectivity index (χ0n) is 19.2. The van der Waals surface area contributed by atoms with E-state index in [1.807, 2.05) is 25.1 Å². The fraction of sp³-hybridized carbons (Fsp3) is 0.320. The zero-order valence-corrected chi connectivity index (χ0v) is 20.0. The summed E-state index contributed by atoms with van der Waals surface area (Å²) in [5, 5.41) is 8.55. The number of nitrogens with zero attached hydrogens (tertiary/aromatic N) is 4. The molecule has 0 bridgehead atoms. The molecule has 4 aromatic rings. The molecule has 2 aliphatic heterocycles. The van der Waals surface area contributed by atoms with Crippen LogP contribution < -0.4 is 19.7 Å². The van der Waals surface area contributed by atoms with Crippen LogP contribution >= 0.6 is 11.3 Å². The Bertz CT molecular complexity index is 1400. The number of nitrogens with one attached hydrogen (secondary N) is 1. The summed E-state index contributed by atoms with van der Waals surface area (Å²) >= 11 is 1.58. The van der Waals surface area contributed by atoms with E-state index in [-0.39, 0.29) is 24.4 Å². The summed E-state index contributed by atoms with van der Waals surface area (Å²) in [4.78, 5) is 20.0. The van der Waals surface area contributed by atoms with Gasteiger partial charge in [-0.25, -0.2) is 9.07 Å². The van der Waals surface area contributed by atoms with Crippen LogP contribution in [0.4, 0.5) is 9.52 Å². The van der Waals surface area contributed by atoms with E-state index in [9.17, 15) is 9.18 Å². The first kappa shape index (κ1) is 21.8. The first-order valence-corrected chi connectivity index (χ1v) is 12.4. The van der Waals surface area contributed by atoms with Gasteiger partial charge >= 0.3 is 0 Å². The topological polar surface area (TPSA) is 81.5 Å². The lowest BCUT2D eigenvalue weighted by atomic mass is 9.97. The highest BCUT2D eigenvalue weighted by molar-refractivity contribution is 7.22. The molecule has 2 aromatic carbocycles. The first-order chi connectivity index (χ1) is 17.0. The van der Waals surface area contributed by atoms with Crippen LogP contribution in [-0.2, 0) is 11.3 Å². The minimum Gasteiger partial charge on any atom is -0.454 e. The fourth-order valence-electron chi connectivity index (χ4n) is 4.57. The van der Waals surface area contributed by atoms with Gasteiger partial charge in [0.2, 0.25) is 12.7 Å². The SMILES string of the molecule is Cc1nn(-c2ccc(F)cc2)c2nc(N3CCCC(C(=O)NCc4ccc5c(c4)OCO5)C3)sc12. The summed E-state index contributed by atoms with van der Waals surface area (Å²) in [6.45, 7) is 4.10. The largest absolute Gasteiger partial charge is 0.454 e. The molecule has 0 saturated carbocycles. The molecule has 1 unspecified atom stereocenters. The van der Waals surface area contributed by atoms with Gasteiger partial charge in [0.1, 0.15) is 5.82 Å². The molecule has 1 saturated heterocycles. The number of thiazole rings is 1. The molecule has 10 heteroatoms. The fourth-order valence-corrected chi connectivity index (χ4v) is 5.59. The van der Waals surface area contributed by atoms with Gasteiger partial charge in [-0.2, -0.15) is 10.1 Å². The molecule has 8 nitrogen and oxygen atoms in total. The summed E-state index contributed by atoms with van der Waals surface area (Å²) in [6.07, 6.45) is 1.76. The Morgan fingerprint density at radius 3 is 2.89 bits per heavy atom. The second-order valence-corrected chi connectivity index (χ2v) is 9.79. The van der Waals surface area contributed by atoms with Crippen LogP contribution in [0.15, 0.2) is 42.5 Å². The van der Waals surface area contributed by atoms with Gasteiger partial charge in [0.15, 0.2) is 22.3 Å². The van der Waals surface area contributed by atoms with Gasteiger partial charge in [-0.15, -0.1) is 0 Å². The van der Waals surface area contributed by atoms with Crippen molar-refractivity contribution >= 4 is 32.7 Å². The van der Waals surface area contributed by atoms with E-state index in [1.165, 1.54) is 12.1 Å². The van der Waals surface area contributed by atoms with Crippen molar-refractivity contribution in [3.8, 4) is 17.2 Å². The second kappa shape index (κ2) is 8.84. The molecule has 1 fully saturated rings. The highest BCUT2D eigenvalue weighted by Gasteiger charge is 2.28. The molecule has 1 amide bonds. The van der Waals surface area contributed by atoms with Crippen molar-refractivity contribution < 1.29 is 18.7 Å². The molecule has 6 rings (SSSR count). The lowest BCUT2D eigenvalue weighted by Crippen LogP contribution is -2.43. The molecular formula is C25H24FN5O3S. The summed E-state index contributed by atoms with van der Waals surface area (Å²) in [5.74, 6) is 1.09. The number of aryl methyl sites for hydroxylation is 1. The Hall–Kier alpha value is -3.66. The first-order valence-electron chi connectivity index (χ1n) is 11.6. The van der Waals surface area contributed by atoms with Gasteiger partial charge in [0.25, 0.3) is 0 Å². The van der Waals surface area contributed by atoms with E-state index < -0.39 is 0 Å². The summed E-state index contributed by atoms with van der Waals surface area (Å²) in [6, 6.07) is 11.9. The molecule has 35 heavy (non-hydrogen) atoms. The number of hydrogen-bond acceptors (Lipinski definition) is 7. The predicted molar refractivity (Wildman–Crippen MR) is 131 cm³/mol. The van der Waals surface area contributed by atoms with Crippen LogP contribution in [0, 0.1) is 18.7 Å². The molecule has 4 heterocycles. The van der Waals surface area contributed by atoms with Gasteiger partial charge in [-0.3, -0.25) is 4.79 Å². The van der Waals surface area contributed by atoms with Gasteiger partial charge in [-0.05, 0) is 61.7 Å². The van der Waals surface area contributed by atoms with Gasteiger partial charge in [-0.1, -0.05) is 17.4 Å². The number of anilines is 1. The van der Waals surface area contributed by atoms with Gasteiger partial charge in [0, 0.05) is 19.6 Å². The zero-order chi connectivity index (χ0) is 23.9. The summed E-state index contributed by atoms with van der Waals surface area (Å²) in [7, 11) is 0. The quantitative estimate of drug-likeness (QED) is 0.449. The number of benzene rings is 2. The third kappa shape index (κ3) is 4.18. The number of carbonyl (C=O) groups is 1. The molecule has 180 valence electrons. The van der Waals surface area contributed by atoms with Crippen LogP contribution in [0.25, 0.3) is 16.0 Å². The molecule has 2 aliphatic rings. The molecule has 0 spiro atoms. The third-order valence-corrected chi connectivity index (χ3v) is 7.63. The molecule has 2 aromatic heterocycles. The highest BCUT2D eigenvalue weighted by Crippen LogP contribution is 2.35. The molecule has 0 aliphatic carbocycles.